The van der Waals surface area contributed by atoms with Crippen molar-refractivity contribution in [1.29, 1.82) is 0 Å². The van der Waals surface area contributed by atoms with E-state index in [2.05, 4.69) is 15.4 Å². The molecule has 124 valence electrons. The quantitative estimate of drug-likeness (QED) is 0.609. The molecule has 4 rings (SSSR count). The van der Waals surface area contributed by atoms with Crippen LogP contribution in [0.1, 0.15) is 10.4 Å². The van der Waals surface area contributed by atoms with Crippen molar-refractivity contribution in [2.24, 2.45) is 0 Å². The normalized spacial score (nSPS) is 10.8. The summed E-state index contributed by atoms with van der Waals surface area (Å²) < 4.78 is 7.88. The van der Waals surface area contributed by atoms with Gasteiger partial charge in [0.2, 0.25) is 0 Å². The van der Waals surface area contributed by atoms with Crippen LogP contribution in [0.15, 0.2) is 60.9 Å². The number of methoxy groups -OCH3 is 1. The molecule has 0 saturated carbocycles. The number of hydrogen-bond donors (Lipinski definition) is 1. The highest BCUT2D eigenvalue weighted by atomic mass is 32.1. The second-order valence-electron chi connectivity index (χ2n) is 5.31. The molecule has 0 unspecified atom stereocenters. The largest absolute Gasteiger partial charge is 0.497 e. The van der Waals surface area contributed by atoms with Crippen LogP contribution in [0.3, 0.4) is 0 Å². The molecule has 0 aliphatic carbocycles. The molecule has 0 aliphatic rings. The van der Waals surface area contributed by atoms with Crippen molar-refractivity contribution in [3.05, 3.63) is 66.5 Å². The smallest absolute Gasteiger partial charge is 0.257 e. The third-order valence-electron chi connectivity index (χ3n) is 3.69. The number of nitrogens with zero attached hydrogens (tertiary/aromatic N) is 3. The second-order valence-corrected chi connectivity index (χ2v) is 6.34. The molecule has 0 aliphatic heterocycles. The summed E-state index contributed by atoms with van der Waals surface area (Å²) in [4.78, 5) is 17.0. The molecular formula is C18H14N4O2S. The lowest BCUT2D eigenvalue weighted by Gasteiger charge is -2.05. The molecule has 2 aromatic carbocycles. The van der Waals surface area contributed by atoms with Crippen LogP contribution in [-0.4, -0.2) is 27.8 Å². The van der Waals surface area contributed by atoms with E-state index < -0.39 is 0 Å². The van der Waals surface area contributed by atoms with Crippen LogP contribution < -0.4 is 10.1 Å². The Labute approximate surface area is 147 Å². The molecule has 0 bridgehead atoms. The van der Waals surface area contributed by atoms with Crippen LogP contribution in [0.25, 0.3) is 15.9 Å². The number of anilines is 1. The van der Waals surface area contributed by atoms with E-state index in [1.807, 2.05) is 42.6 Å². The number of carbonyl (C=O) groups excluding carboxylic acids is 1. The Morgan fingerprint density at radius 2 is 2.12 bits per heavy atom. The Hall–Kier alpha value is -3.19. The van der Waals surface area contributed by atoms with Gasteiger partial charge in [0, 0.05) is 18.0 Å². The maximum absolute atomic E-state index is 12.5. The molecule has 0 saturated heterocycles. The van der Waals surface area contributed by atoms with Crippen molar-refractivity contribution < 1.29 is 9.53 Å². The number of ether oxygens (including phenoxy) is 1. The van der Waals surface area contributed by atoms with Gasteiger partial charge in [0.1, 0.15) is 5.75 Å². The number of amides is 1. The van der Waals surface area contributed by atoms with Crippen molar-refractivity contribution in [3.63, 3.8) is 0 Å². The van der Waals surface area contributed by atoms with E-state index in [-0.39, 0.29) is 5.91 Å². The summed E-state index contributed by atoms with van der Waals surface area (Å²) in [7, 11) is 1.62. The van der Waals surface area contributed by atoms with Gasteiger partial charge in [0.25, 0.3) is 5.91 Å². The average molecular weight is 350 g/mol. The van der Waals surface area contributed by atoms with Crippen LogP contribution in [0, 0.1) is 0 Å². The van der Waals surface area contributed by atoms with Gasteiger partial charge in [-0.25, -0.2) is 9.67 Å². The highest BCUT2D eigenvalue weighted by molar-refractivity contribution is 7.22. The number of benzene rings is 2. The summed E-state index contributed by atoms with van der Waals surface area (Å²) >= 11 is 1.41. The minimum absolute atomic E-state index is 0.208. The van der Waals surface area contributed by atoms with Gasteiger partial charge < -0.3 is 4.74 Å². The summed E-state index contributed by atoms with van der Waals surface area (Å²) in [6, 6.07) is 14.7. The number of carbonyl (C=O) groups is 1. The molecule has 2 heterocycles. The van der Waals surface area contributed by atoms with E-state index in [1.165, 1.54) is 11.3 Å². The predicted octanol–water partition coefficient (Wildman–Crippen LogP) is 3.74. The molecule has 0 atom stereocenters. The van der Waals surface area contributed by atoms with Crippen LogP contribution in [0.5, 0.6) is 5.75 Å². The number of hydrogen-bond acceptors (Lipinski definition) is 5. The molecule has 1 N–H and O–H groups in total. The number of rotatable bonds is 4. The van der Waals surface area contributed by atoms with Crippen molar-refractivity contribution in [2.75, 3.05) is 12.4 Å². The van der Waals surface area contributed by atoms with Gasteiger partial charge in [-0.3, -0.25) is 10.1 Å². The Morgan fingerprint density at radius 3 is 2.92 bits per heavy atom. The monoisotopic (exact) mass is 350 g/mol. The minimum atomic E-state index is -0.208. The van der Waals surface area contributed by atoms with E-state index in [1.54, 1.807) is 30.1 Å². The Kier molecular flexibility index (Phi) is 3.91. The van der Waals surface area contributed by atoms with Crippen molar-refractivity contribution in [3.8, 4) is 11.4 Å². The zero-order valence-electron chi connectivity index (χ0n) is 13.3. The summed E-state index contributed by atoms with van der Waals surface area (Å²) in [6.45, 7) is 0. The molecule has 6 nitrogen and oxygen atoms in total. The molecule has 25 heavy (non-hydrogen) atoms. The van der Waals surface area contributed by atoms with Crippen molar-refractivity contribution >= 4 is 32.6 Å². The number of nitrogens with one attached hydrogen (secondary N) is 1. The SMILES string of the molecule is COc1ccc2nc(NC(=O)c3cccc(-n4cccn4)c3)sc2c1. The van der Waals surface area contributed by atoms with E-state index in [4.69, 9.17) is 4.74 Å². The first kappa shape index (κ1) is 15.3. The Bertz CT molecular complexity index is 1040. The number of aromatic nitrogens is 3. The molecule has 0 spiro atoms. The highest BCUT2D eigenvalue weighted by Crippen LogP contribution is 2.29. The second kappa shape index (κ2) is 6.37. The van der Waals surface area contributed by atoms with E-state index in [9.17, 15) is 4.79 Å². The molecule has 7 heteroatoms. The van der Waals surface area contributed by atoms with Crippen molar-refractivity contribution in [1.82, 2.24) is 14.8 Å². The number of fused-ring (bicyclic) bond motifs is 1. The van der Waals surface area contributed by atoms with Crippen LogP contribution in [0.2, 0.25) is 0 Å². The molecule has 1 amide bonds. The Morgan fingerprint density at radius 1 is 1.20 bits per heavy atom. The van der Waals surface area contributed by atoms with Gasteiger partial charge in [-0.15, -0.1) is 0 Å². The average Bonchev–Trinajstić information content (AvgIpc) is 3.30. The maximum Gasteiger partial charge on any atom is 0.257 e. The minimum Gasteiger partial charge on any atom is -0.497 e. The van der Waals surface area contributed by atoms with Gasteiger partial charge in [-0.1, -0.05) is 17.4 Å². The maximum atomic E-state index is 12.5. The van der Waals surface area contributed by atoms with E-state index in [0.717, 1.165) is 21.7 Å². The van der Waals surface area contributed by atoms with Crippen LogP contribution in [0.4, 0.5) is 5.13 Å². The molecule has 0 radical (unpaired) electrons. The number of thiazole rings is 1. The van der Waals surface area contributed by atoms with Crippen LogP contribution in [-0.2, 0) is 0 Å². The lowest BCUT2D eigenvalue weighted by molar-refractivity contribution is 0.102. The highest BCUT2D eigenvalue weighted by Gasteiger charge is 2.11. The molecule has 4 aromatic rings. The van der Waals surface area contributed by atoms with Gasteiger partial charge in [-0.05, 0) is 42.5 Å². The topological polar surface area (TPSA) is 69.0 Å². The first-order valence-corrected chi connectivity index (χ1v) is 8.40. The summed E-state index contributed by atoms with van der Waals surface area (Å²) in [5.41, 5.74) is 2.20. The predicted molar refractivity (Wildman–Crippen MR) is 97.7 cm³/mol. The summed E-state index contributed by atoms with van der Waals surface area (Å²) in [6.07, 6.45) is 3.53. The zero-order chi connectivity index (χ0) is 17.2. The van der Waals surface area contributed by atoms with E-state index >= 15 is 0 Å². The molecule has 2 aromatic heterocycles. The third kappa shape index (κ3) is 3.09. The zero-order valence-corrected chi connectivity index (χ0v) is 14.2. The van der Waals surface area contributed by atoms with Gasteiger partial charge >= 0.3 is 0 Å². The standard InChI is InChI=1S/C18H14N4O2S/c1-24-14-6-7-15-16(11-14)25-18(20-15)21-17(23)12-4-2-5-13(10-12)22-9-3-8-19-22/h2-11H,1H3,(H,20,21,23). The van der Waals surface area contributed by atoms with E-state index in [0.29, 0.717) is 10.7 Å². The Balaban J connectivity index is 1.59. The van der Waals surface area contributed by atoms with Gasteiger partial charge in [0.15, 0.2) is 5.13 Å². The van der Waals surface area contributed by atoms with Gasteiger partial charge in [-0.2, -0.15) is 5.10 Å². The lowest BCUT2D eigenvalue weighted by Crippen LogP contribution is -2.12. The fraction of sp³-hybridized carbons (Fsp3) is 0.0556. The molecular weight excluding hydrogens is 336 g/mol. The fourth-order valence-electron chi connectivity index (χ4n) is 2.47. The summed E-state index contributed by atoms with van der Waals surface area (Å²) in [5.74, 6) is 0.556. The first-order chi connectivity index (χ1) is 12.2. The van der Waals surface area contributed by atoms with Crippen molar-refractivity contribution in [2.45, 2.75) is 0 Å². The van der Waals surface area contributed by atoms with Crippen LogP contribution >= 0.6 is 11.3 Å². The lowest BCUT2D eigenvalue weighted by atomic mass is 10.2. The first-order valence-electron chi connectivity index (χ1n) is 7.59. The molecule has 0 fully saturated rings. The third-order valence-corrected chi connectivity index (χ3v) is 4.63. The summed E-state index contributed by atoms with van der Waals surface area (Å²) in [5, 5.41) is 7.59. The van der Waals surface area contributed by atoms with Gasteiger partial charge in [0.05, 0.1) is 23.0 Å². The fourth-order valence-corrected chi connectivity index (χ4v) is 3.36.